The van der Waals surface area contributed by atoms with Crippen molar-refractivity contribution in [1.82, 2.24) is 10.2 Å². The van der Waals surface area contributed by atoms with Gasteiger partial charge < -0.3 is 15.0 Å². The molecule has 4 nitrogen and oxygen atoms in total. The predicted octanol–water partition coefficient (Wildman–Crippen LogP) is 1.59. The number of benzene rings is 1. The second-order valence-electron chi connectivity index (χ2n) is 5.90. The number of ether oxygens (including phenoxy) is 1. The van der Waals surface area contributed by atoms with Crippen LogP contribution >= 0.6 is 0 Å². The molecule has 0 saturated carbocycles. The number of carbonyl (C=O) groups excluding carboxylic acids is 1. The number of nitrogens with zero attached hydrogens (tertiary/aromatic N) is 1. The van der Waals surface area contributed by atoms with Crippen molar-refractivity contribution in [3.05, 3.63) is 35.4 Å². The molecule has 4 heteroatoms. The Morgan fingerprint density at radius 3 is 2.85 bits per heavy atom. The lowest BCUT2D eigenvalue weighted by Gasteiger charge is -2.45. The summed E-state index contributed by atoms with van der Waals surface area (Å²) in [5.74, 6) is 0.123. The van der Waals surface area contributed by atoms with E-state index < -0.39 is 0 Å². The summed E-state index contributed by atoms with van der Waals surface area (Å²) in [6.45, 7) is 5.97. The van der Waals surface area contributed by atoms with Crippen molar-refractivity contribution in [1.29, 1.82) is 0 Å². The summed E-state index contributed by atoms with van der Waals surface area (Å²) in [7, 11) is 0. The molecule has 0 unspecified atom stereocenters. The molecule has 2 aliphatic rings. The van der Waals surface area contributed by atoms with Gasteiger partial charge in [0.2, 0.25) is 0 Å². The van der Waals surface area contributed by atoms with Gasteiger partial charge in [0.05, 0.1) is 18.8 Å². The van der Waals surface area contributed by atoms with Crippen molar-refractivity contribution in [2.75, 3.05) is 32.8 Å². The van der Waals surface area contributed by atoms with E-state index in [-0.39, 0.29) is 11.5 Å². The standard InChI is InChI=1S/C16H22N2O2/c1-13-3-5-14(6-4-13)15(19)18-9-10-20-16(12-18)7-2-8-17-11-16/h3-6,17H,2,7-12H2,1H3/t16-/m0/s1. The minimum absolute atomic E-state index is 0.123. The summed E-state index contributed by atoms with van der Waals surface area (Å²) in [4.78, 5) is 14.5. The van der Waals surface area contributed by atoms with Crippen LogP contribution in [-0.2, 0) is 4.74 Å². The second kappa shape index (κ2) is 5.54. The summed E-state index contributed by atoms with van der Waals surface area (Å²) in [6, 6.07) is 7.81. The first-order valence-corrected chi connectivity index (χ1v) is 7.39. The Morgan fingerprint density at radius 2 is 2.15 bits per heavy atom. The van der Waals surface area contributed by atoms with E-state index in [1.54, 1.807) is 0 Å². The molecule has 2 fully saturated rings. The first-order valence-electron chi connectivity index (χ1n) is 7.39. The minimum atomic E-state index is -0.170. The molecule has 1 aromatic rings. The molecule has 0 aliphatic carbocycles. The highest BCUT2D eigenvalue weighted by Crippen LogP contribution is 2.26. The molecule has 0 bridgehead atoms. The van der Waals surface area contributed by atoms with E-state index in [1.807, 2.05) is 36.1 Å². The summed E-state index contributed by atoms with van der Waals surface area (Å²) < 4.78 is 5.99. The van der Waals surface area contributed by atoms with Crippen molar-refractivity contribution >= 4 is 5.91 Å². The van der Waals surface area contributed by atoms with Crippen LogP contribution < -0.4 is 5.32 Å². The van der Waals surface area contributed by atoms with Crippen LogP contribution in [0.2, 0.25) is 0 Å². The van der Waals surface area contributed by atoms with E-state index in [1.165, 1.54) is 5.56 Å². The van der Waals surface area contributed by atoms with Gasteiger partial charge in [0.1, 0.15) is 0 Å². The maximum atomic E-state index is 12.6. The SMILES string of the molecule is Cc1ccc(C(=O)N2CCO[C@]3(CCCNC3)C2)cc1. The van der Waals surface area contributed by atoms with Gasteiger partial charge in [-0.1, -0.05) is 17.7 Å². The van der Waals surface area contributed by atoms with Crippen LogP contribution in [0.25, 0.3) is 0 Å². The monoisotopic (exact) mass is 274 g/mol. The van der Waals surface area contributed by atoms with Crippen molar-refractivity contribution in [2.24, 2.45) is 0 Å². The molecular formula is C16H22N2O2. The first kappa shape index (κ1) is 13.6. The number of carbonyl (C=O) groups is 1. The molecule has 1 spiro atoms. The number of hydrogen-bond donors (Lipinski definition) is 1. The number of nitrogens with one attached hydrogen (secondary N) is 1. The first-order chi connectivity index (χ1) is 9.69. The Bertz CT molecular complexity index is 472. The Balaban J connectivity index is 1.73. The van der Waals surface area contributed by atoms with E-state index >= 15 is 0 Å². The third-order valence-corrected chi connectivity index (χ3v) is 4.27. The van der Waals surface area contributed by atoms with Crippen LogP contribution in [0, 0.1) is 6.92 Å². The lowest BCUT2D eigenvalue weighted by molar-refractivity contribution is -0.109. The van der Waals surface area contributed by atoms with Gasteiger partial charge in [-0.25, -0.2) is 0 Å². The zero-order valence-corrected chi connectivity index (χ0v) is 12.0. The van der Waals surface area contributed by atoms with E-state index in [0.29, 0.717) is 19.7 Å². The third kappa shape index (κ3) is 2.72. The predicted molar refractivity (Wildman–Crippen MR) is 77.9 cm³/mol. The van der Waals surface area contributed by atoms with Crippen LogP contribution in [0.1, 0.15) is 28.8 Å². The number of hydrogen-bond acceptors (Lipinski definition) is 3. The maximum absolute atomic E-state index is 12.6. The van der Waals surface area contributed by atoms with E-state index in [4.69, 9.17) is 4.74 Å². The summed E-state index contributed by atoms with van der Waals surface area (Å²) >= 11 is 0. The van der Waals surface area contributed by atoms with Crippen LogP contribution in [0.4, 0.5) is 0 Å². The fourth-order valence-electron chi connectivity index (χ4n) is 3.10. The van der Waals surface area contributed by atoms with Gasteiger partial charge in [0, 0.05) is 18.7 Å². The van der Waals surface area contributed by atoms with Gasteiger partial charge >= 0.3 is 0 Å². The molecular weight excluding hydrogens is 252 g/mol. The van der Waals surface area contributed by atoms with Crippen molar-refractivity contribution < 1.29 is 9.53 Å². The summed E-state index contributed by atoms with van der Waals surface area (Å²) in [5, 5.41) is 3.39. The molecule has 1 N–H and O–H groups in total. The van der Waals surface area contributed by atoms with E-state index in [0.717, 1.165) is 31.5 Å². The van der Waals surface area contributed by atoms with Crippen LogP contribution in [0.5, 0.6) is 0 Å². The molecule has 2 saturated heterocycles. The zero-order chi connectivity index (χ0) is 14.0. The smallest absolute Gasteiger partial charge is 0.254 e. The molecule has 2 heterocycles. The molecule has 20 heavy (non-hydrogen) atoms. The fourth-order valence-corrected chi connectivity index (χ4v) is 3.10. The van der Waals surface area contributed by atoms with Crippen molar-refractivity contribution in [3.8, 4) is 0 Å². The average molecular weight is 274 g/mol. The van der Waals surface area contributed by atoms with Crippen LogP contribution in [0.15, 0.2) is 24.3 Å². The lowest BCUT2D eigenvalue weighted by atomic mass is 9.91. The molecule has 3 rings (SSSR count). The van der Waals surface area contributed by atoms with Crippen LogP contribution in [0.3, 0.4) is 0 Å². The molecule has 1 aromatic carbocycles. The van der Waals surface area contributed by atoms with Gasteiger partial charge in [0.15, 0.2) is 0 Å². The van der Waals surface area contributed by atoms with Gasteiger partial charge in [-0.3, -0.25) is 4.79 Å². The number of rotatable bonds is 1. The summed E-state index contributed by atoms with van der Waals surface area (Å²) in [5.41, 5.74) is 1.78. The molecule has 1 amide bonds. The molecule has 1 atom stereocenters. The van der Waals surface area contributed by atoms with E-state index in [2.05, 4.69) is 5.32 Å². The Kier molecular flexibility index (Phi) is 3.76. The van der Waals surface area contributed by atoms with Crippen LogP contribution in [-0.4, -0.2) is 49.2 Å². The third-order valence-electron chi connectivity index (χ3n) is 4.27. The minimum Gasteiger partial charge on any atom is -0.370 e. The Labute approximate surface area is 120 Å². The van der Waals surface area contributed by atoms with Crippen molar-refractivity contribution in [3.63, 3.8) is 0 Å². The topological polar surface area (TPSA) is 41.6 Å². The Morgan fingerprint density at radius 1 is 1.35 bits per heavy atom. The molecule has 2 aliphatic heterocycles. The van der Waals surface area contributed by atoms with E-state index in [9.17, 15) is 4.79 Å². The Hall–Kier alpha value is -1.39. The zero-order valence-electron chi connectivity index (χ0n) is 12.0. The number of piperidine rings is 1. The summed E-state index contributed by atoms with van der Waals surface area (Å²) in [6.07, 6.45) is 2.16. The largest absolute Gasteiger partial charge is 0.370 e. The highest BCUT2D eigenvalue weighted by Gasteiger charge is 2.39. The normalized spacial score (nSPS) is 26.8. The number of amides is 1. The maximum Gasteiger partial charge on any atom is 0.254 e. The van der Waals surface area contributed by atoms with Crippen molar-refractivity contribution in [2.45, 2.75) is 25.4 Å². The average Bonchev–Trinajstić information content (AvgIpc) is 2.48. The number of aryl methyl sites for hydroxylation is 1. The highest BCUT2D eigenvalue weighted by atomic mass is 16.5. The molecule has 0 radical (unpaired) electrons. The van der Waals surface area contributed by atoms with Gasteiger partial charge in [0.25, 0.3) is 5.91 Å². The van der Waals surface area contributed by atoms with Gasteiger partial charge in [-0.05, 0) is 38.4 Å². The van der Waals surface area contributed by atoms with Gasteiger partial charge in [-0.2, -0.15) is 0 Å². The van der Waals surface area contributed by atoms with Gasteiger partial charge in [-0.15, -0.1) is 0 Å². The second-order valence-corrected chi connectivity index (χ2v) is 5.90. The lowest BCUT2D eigenvalue weighted by Crippen LogP contribution is -2.59. The molecule has 0 aromatic heterocycles. The highest BCUT2D eigenvalue weighted by molar-refractivity contribution is 5.94. The fraction of sp³-hybridized carbons (Fsp3) is 0.562. The number of morpholine rings is 1. The quantitative estimate of drug-likeness (QED) is 0.845. The molecule has 108 valence electrons.